The summed E-state index contributed by atoms with van der Waals surface area (Å²) in [5.74, 6) is -2.88. The van der Waals surface area contributed by atoms with Crippen molar-refractivity contribution in [2.75, 3.05) is 5.32 Å². The minimum Gasteiger partial charge on any atom is -0.421 e. The second-order valence-corrected chi connectivity index (χ2v) is 5.66. The summed E-state index contributed by atoms with van der Waals surface area (Å²) in [6, 6.07) is 5.96. The Morgan fingerprint density at radius 1 is 0.857 bits per heavy atom. The van der Waals surface area contributed by atoms with Gasteiger partial charge in [0.05, 0.1) is 5.69 Å². The molecule has 0 fully saturated rings. The average Bonchev–Trinajstić information content (AvgIpc) is 3.03. The number of nitrogens with one attached hydrogen (secondary N) is 1. The maximum Gasteiger partial charge on any atom is 0.507 e. The number of anilines is 2. The number of rotatable bonds is 3. The van der Waals surface area contributed by atoms with Gasteiger partial charge in [-0.2, -0.15) is 22.5 Å². The van der Waals surface area contributed by atoms with Gasteiger partial charge < -0.3 is 14.8 Å². The molecule has 28 heavy (non-hydrogen) atoms. The molecule has 0 amide bonds. The fourth-order valence-electron chi connectivity index (χ4n) is 2.39. The van der Waals surface area contributed by atoms with Crippen molar-refractivity contribution in [2.24, 2.45) is 0 Å². The molecule has 0 aliphatic carbocycles. The largest absolute Gasteiger partial charge is 0.507 e. The highest BCUT2D eigenvalue weighted by Gasteiger charge is 2.65. The van der Waals surface area contributed by atoms with E-state index in [0.717, 1.165) is 35.3 Å². The fourth-order valence-corrected chi connectivity index (χ4v) is 2.39. The van der Waals surface area contributed by atoms with E-state index < -0.39 is 35.4 Å². The zero-order valence-corrected chi connectivity index (χ0v) is 13.5. The Morgan fingerprint density at radius 3 is 2.18 bits per heavy atom. The lowest BCUT2D eigenvalue weighted by molar-refractivity contribution is -0.391. The molecule has 0 spiro atoms. The van der Waals surface area contributed by atoms with Crippen LogP contribution in [-0.4, -0.2) is 27.0 Å². The molecular formula is C16H8F6N4O2. The molecule has 0 atom stereocenters. The van der Waals surface area contributed by atoms with Crippen molar-refractivity contribution < 1.29 is 35.8 Å². The molecule has 2 aromatic carbocycles. The standard InChI is InChI=1S/C16H8F6N4O2/c17-8-3-9(18)5-11(4-8)26-7-23-14(25-26)24-10-1-2-12-13(6-10)28-16(21,22)15(19,20)27-12/h1-7H,(H,24,25). The van der Waals surface area contributed by atoms with Gasteiger partial charge in [-0.15, -0.1) is 5.10 Å². The van der Waals surface area contributed by atoms with Crippen molar-refractivity contribution in [3.63, 3.8) is 0 Å². The Bertz CT molecular complexity index is 1040. The summed E-state index contributed by atoms with van der Waals surface area (Å²) in [6.07, 6.45) is -8.50. The first kappa shape index (κ1) is 17.9. The molecule has 12 heteroatoms. The van der Waals surface area contributed by atoms with Crippen LogP contribution in [0, 0.1) is 11.6 Å². The number of benzene rings is 2. The van der Waals surface area contributed by atoms with E-state index in [9.17, 15) is 26.3 Å². The van der Waals surface area contributed by atoms with E-state index in [1.54, 1.807) is 0 Å². The van der Waals surface area contributed by atoms with Crippen molar-refractivity contribution in [1.82, 2.24) is 14.8 Å². The van der Waals surface area contributed by atoms with Crippen molar-refractivity contribution >= 4 is 11.6 Å². The SMILES string of the molecule is Fc1cc(F)cc(-n2cnc(Nc3ccc4c(c3)OC(F)(F)C(F)(F)O4)n2)c1. The third-order valence-electron chi connectivity index (χ3n) is 3.62. The number of fused-ring (bicyclic) bond motifs is 1. The smallest absolute Gasteiger partial charge is 0.421 e. The van der Waals surface area contributed by atoms with Crippen LogP contribution in [-0.2, 0) is 0 Å². The van der Waals surface area contributed by atoms with E-state index in [1.807, 2.05) is 0 Å². The number of halogens is 6. The van der Waals surface area contributed by atoms with E-state index in [-0.39, 0.29) is 17.3 Å². The molecule has 146 valence electrons. The Balaban J connectivity index is 1.57. The van der Waals surface area contributed by atoms with Gasteiger partial charge in [0.25, 0.3) is 0 Å². The monoisotopic (exact) mass is 402 g/mol. The maximum atomic E-state index is 13.3. The van der Waals surface area contributed by atoms with E-state index in [1.165, 1.54) is 6.07 Å². The van der Waals surface area contributed by atoms with Gasteiger partial charge in [0.15, 0.2) is 11.5 Å². The van der Waals surface area contributed by atoms with Gasteiger partial charge in [-0.05, 0) is 24.3 Å². The predicted octanol–water partition coefficient (Wildman–Crippen LogP) is 4.25. The quantitative estimate of drug-likeness (QED) is 0.664. The van der Waals surface area contributed by atoms with Crippen molar-refractivity contribution in [3.8, 4) is 17.2 Å². The highest BCUT2D eigenvalue weighted by atomic mass is 19.3. The fraction of sp³-hybridized carbons (Fsp3) is 0.125. The minimum atomic E-state index is -4.85. The zero-order chi connectivity index (χ0) is 20.1. The van der Waals surface area contributed by atoms with Crippen LogP contribution in [0.15, 0.2) is 42.7 Å². The number of ether oxygens (including phenoxy) is 2. The summed E-state index contributed by atoms with van der Waals surface area (Å²) in [7, 11) is 0. The van der Waals surface area contributed by atoms with Gasteiger partial charge in [0.2, 0.25) is 5.95 Å². The van der Waals surface area contributed by atoms with E-state index in [0.29, 0.717) is 6.07 Å². The van der Waals surface area contributed by atoms with Gasteiger partial charge in [0.1, 0.15) is 18.0 Å². The van der Waals surface area contributed by atoms with Crippen LogP contribution in [0.4, 0.5) is 38.0 Å². The molecular weight excluding hydrogens is 394 g/mol. The molecule has 2 heterocycles. The van der Waals surface area contributed by atoms with Crippen LogP contribution in [0.3, 0.4) is 0 Å². The summed E-state index contributed by atoms with van der Waals surface area (Å²) < 4.78 is 88.5. The van der Waals surface area contributed by atoms with Crippen molar-refractivity contribution in [3.05, 3.63) is 54.4 Å². The lowest BCUT2D eigenvalue weighted by Gasteiger charge is -2.31. The number of hydrogen-bond donors (Lipinski definition) is 1. The zero-order valence-electron chi connectivity index (χ0n) is 13.5. The van der Waals surface area contributed by atoms with Gasteiger partial charge in [-0.25, -0.2) is 13.5 Å². The van der Waals surface area contributed by atoms with Gasteiger partial charge in [0, 0.05) is 17.8 Å². The van der Waals surface area contributed by atoms with Crippen LogP contribution in [0.2, 0.25) is 0 Å². The van der Waals surface area contributed by atoms with Crippen molar-refractivity contribution in [2.45, 2.75) is 12.2 Å². The van der Waals surface area contributed by atoms with Crippen LogP contribution in [0.25, 0.3) is 5.69 Å². The average molecular weight is 402 g/mol. The molecule has 1 aromatic heterocycles. The van der Waals surface area contributed by atoms with E-state index in [2.05, 4.69) is 24.9 Å². The first-order chi connectivity index (χ1) is 13.1. The Kier molecular flexibility index (Phi) is 3.87. The first-order valence-corrected chi connectivity index (χ1v) is 7.56. The van der Waals surface area contributed by atoms with E-state index in [4.69, 9.17) is 0 Å². The predicted molar refractivity (Wildman–Crippen MR) is 82.1 cm³/mol. The van der Waals surface area contributed by atoms with E-state index >= 15 is 0 Å². The summed E-state index contributed by atoms with van der Waals surface area (Å²) in [6.45, 7) is 0. The Morgan fingerprint density at radius 2 is 1.50 bits per heavy atom. The highest BCUT2D eigenvalue weighted by Crippen LogP contribution is 2.47. The molecule has 4 rings (SSSR count). The summed E-state index contributed by atoms with van der Waals surface area (Å²) >= 11 is 0. The third kappa shape index (κ3) is 3.17. The van der Waals surface area contributed by atoms with Gasteiger partial charge in [-0.1, -0.05) is 0 Å². The summed E-state index contributed by atoms with van der Waals surface area (Å²) in [5.41, 5.74) is 0.175. The first-order valence-electron chi connectivity index (χ1n) is 7.56. The molecule has 0 unspecified atom stereocenters. The van der Waals surface area contributed by atoms with Gasteiger partial charge in [-0.3, -0.25) is 0 Å². The summed E-state index contributed by atoms with van der Waals surface area (Å²) in [4.78, 5) is 3.87. The molecule has 3 aromatic rings. The number of aromatic nitrogens is 3. The maximum absolute atomic E-state index is 13.3. The number of nitrogens with zero attached hydrogens (tertiary/aromatic N) is 3. The van der Waals surface area contributed by atoms with Crippen LogP contribution >= 0.6 is 0 Å². The third-order valence-corrected chi connectivity index (χ3v) is 3.62. The van der Waals surface area contributed by atoms with Crippen LogP contribution < -0.4 is 14.8 Å². The molecule has 6 nitrogen and oxygen atoms in total. The Labute approximate surface area is 152 Å². The summed E-state index contributed by atoms with van der Waals surface area (Å²) in [5, 5.41) is 6.57. The molecule has 1 aliphatic heterocycles. The number of alkyl halides is 4. The molecule has 0 bridgehead atoms. The molecule has 0 radical (unpaired) electrons. The molecule has 1 N–H and O–H groups in total. The van der Waals surface area contributed by atoms with Crippen LogP contribution in [0.5, 0.6) is 11.5 Å². The molecule has 0 saturated carbocycles. The topological polar surface area (TPSA) is 61.2 Å². The van der Waals surface area contributed by atoms with Crippen LogP contribution in [0.1, 0.15) is 0 Å². The second kappa shape index (κ2) is 6.04. The lowest BCUT2D eigenvalue weighted by Crippen LogP contribution is -2.52. The molecule has 0 saturated heterocycles. The Hall–Kier alpha value is -3.44. The molecule has 1 aliphatic rings. The minimum absolute atomic E-state index is 0.0570. The normalized spacial score (nSPS) is 16.6. The second-order valence-electron chi connectivity index (χ2n) is 5.66. The van der Waals surface area contributed by atoms with Gasteiger partial charge >= 0.3 is 12.2 Å². The lowest BCUT2D eigenvalue weighted by atomic mass is 10.2. The number of hydrogen-bond acceptors (Lipinski definition) is 5. The highest BCUT2D eigenvalue weighted by molar-refractivity contribution is 5.60. The van der Waals surface area contributed by atoms with Crippen molar-refractivity contribution in [1.29, 1.82) is 0 Å².